The number of hydrogen-bond donors (Lipinski definition) is 2. The molecular weight excluding hydrogens is 270 g/mol. The fourth-order valence-corrected chi connectivity index (χ4v) is 2.00. The molecule has 0 saturated heterocycles. The van der Waals surface area contributed by atoms with E-state index in [-0.39, 0.29) is 17.9 Å². The highest BCUT2D eigenvalue weighted by Gasteiger charge is 2.13. The normalized spacial score (nSPS) is 9.95. The second-order valence-corrected chi connectivity index (χ2v) is 4.39. The molecule has 2 aromatic rings. The molecular formula is C16H15NO4. The second kappa shape index (κ2) is 6.56. The highest BCUT2D eigenvalue weighted by Crippen LogP contribution is 2.23. The van der Waals surface area contributed by atoms with Crippen molar-refractivity contribution in [3.63, 3.8) is 0 Å². The zero-order valence-electron chi connectivity index (χ0n) is 11.5. The maximum atomic E-state index is 12.1. The molecule has 0 aliphatic heterocycles. The van der Waals surface area contributed by atoms with Crippen LogP contribution in [0.3, 0.4) is 0 Å². The molecule has 0 fully saturated rings. The SMILES string of the molecule is COc1ccccc1NC(=O)Cc1ccccc1C(=O)O. The summed E-state index contributed by atoms with van der Waals surface area (Å²) in [5, 5.41) is 11.8. The summed E-state index contributed by atoms with van der Waals surface area (Å²) in [5.41, 5.74) is 1.16. The third kappa shape index (κ3) is 3.60. The van der Waals surface area contributed by atoms with E-state index < -0.39 is 5.97 Å². The van der Waals surface area contributed by atoms with Crippen LogP contribution >= 0.6 is 0 Å². The van der Waals surface area contributed by atoms with Gasteiger partial charge >= 0.3 is 5.97 Å². The minimum absolute atomic E-state index is 0.0134. The number of benzene rings is 2. The Morgan fingerprint density at radius 2 is 1.76 bits per heavy atom. The molecule has 0 heterocycles. The molecule has 2 N–H and O–H groups in total. The third-order valence-corrected chi connectivity index (χ3v) is 2.98. The average molecular weight is 285 g/mol. The monoisotopic (exact) mass is 285 g/mol. The number of ether oxygens (including phenoxy) is 1. The number of carbonyl (C=O) groups excluding carboxylic acids is 1. The highest BCUT2D eigenvalue weighted by atomic mass is 16.5. The molecule has 108 valence electrons. The quantitative estimate of drug-likeness (QED) is 0.885. The number of hydrogen-bond acceptors (Lipinski definition) is 3. The van der Waals surface area contributed by atoms with Crippen molar-refractivity contribution in [2.24, 2.45) is 0 Å². The van der Waals surface area contributed by atoms with Crippen molar-refractivity contribution in [3.8, 4) is 5.75 Å². The lowest BCUT2D eigenvalue weighted by Gasteiger charge is -2.10. The van der Waals surface area contributed by atoms with Gasteiger partial charge in [-0.3, -0.25) is 4.79 Å². The molecule has 21 heavy (non-hydrogen) atoms. The van der Waals surface area contributed by atoms with E-state index in [0.717, 1.165) is 0 Å². The summed E-state index contributed by atoms with van der Waals surface area (Å²) < 4.78 is 5.15. The molecule has 5 heteroatoms. The largest absolute Gasteiger partial charge is 0.495 e. The van der Waals surface area contributed by atoms with E-state index >= 15 is 0 Å². The van der Waals surface area contributed by atoms with Gasteiger partial charge in [0.05, 0.1) is 24.8 Å². The Kier molecular flexibility index (Phi) is 4.56. The lowest BCUT2D eigenvalue weighted by atomic mass is 10.0. The summed E-state index contributed by atoms with van der Waals surface area (Å²) >= 11 is 0. The van der Waals surface area contributed by atoms with Crippen LogP contribution in [0, 0.1) is 0 Å². The number of para-hydroxylation sites is 2. The minimum atomic E-state index is -1.05. The third-order valence-electron chi connectivity index (χ3n) is 2.98. The molecule has 5 nitrogen and oxygen atoms in total. The van der Waals surface area contributed by atoms with Crippen molar-refractivity contribution in [3.05, 3.63) is 59.7 Å². The Labute approximate surface area is 122 Å². The Morgan fingerprint density at radius 3 is 2.48 bits per heavy atom. The lowest BCUT2D eigenvalue weighted by molar-refractivity contribution is -0.115. The van der Waals surface area contributed by atoms with Gasteiger partial charge in [0.15, 0.2) is 0 Å². The van der Waals surface area contributed by atoms with Crippen LogP contribution < -0.4 is 10.1 Å². The Morgan fingerprint density at radius 1 is 1.10 bits per heavy atom. The van der Waals surface area contributed by atoms with Crippen molar-refractivity contribution < 1.29 is 19.4 Å². The first-order valence-electron chi connectivity index (χ1n) is 6.36. The van der Waals surface area contributed by atoms with E-state index in [4.69, 9.17) is 9.84 Å². The fourth-order valence-electron chi connectivity index (χ4n) is 2.00. The highest BCUT2D eigenvalue weighted by molar-refractivity contribution is 5.96. The van der Waals surface area contributed by atoms with Gasteiger partial charge in [-0.25, -0.2) is 4.79 Å². The summed E-state index contributed by atoms with van der Waals surface area (Å²) in [4.78, 5) is 23.2. The lowest BCUT2D eigenvalue weighted by Crippen LogP contribution is -2.16. The smallest absolute Gasteiger partial charge is 0.335 e. The van der Waals surface area contributed by atoms with Crippen molar-refractivity contribution in [1.29, 1.82) is 0 Å². The van der Waals surface area contributed by atoms with Crippen molar-refractivity contribution in [2.75, 3.05) is 12.4 Å². The summed E-state index contributed by atoms with van der Waals surface area (Å²) in [7, 11) is 1.52. The Hall–Kier alpha value is -2.82. The number of methoxy groups -OCH3 is 1. The Bertz CT molecular complexity index is 667. The molecule has 0 aromatic heterocycles. The molecule has 0 bridgehead atoms. The van der Waals surface area contributed by atoms with Crippen molar-refractivity contribution >= 4 is 17.6 Å². The van der Waals surface area contributed by atoms with Crippen LogP contribution in [0.15, 0.2) is 48.5 Å². The molecule has 0 spiro atoms. The van der Waals surface area contributed by atoms with Gasteiger partial charge in [0, 0.05) is 0 Å². The van der Waals surface area contributed by atoms with Gasteiger partial charge in [0.2, 0.25) is 5.91 Å². The maximum absolute atomic E-state index is 12.1. The van der Waals surface area contributed by atoms with E-state index in [9.17, 15) is 9.59 Å². The predicted molar refractivity (Wildman–Crippen MR) is 78.7 cm³/mol. The topological polar surface area (TPSA) is 75.6 Å². The van der Waals surface area contributed by atoms with Gasteiger partial charge < -0.3 is 15.2 Å². The number of nitrogens with one attached hydrogen (secondary N) is 1. The first kappa shape index (κ1) is 14.6. The van der Waals surface area contributed by atoms with Gasteiger partial charge in [0.1, 0.15) is 5.75 Å². The molecule has 0 atom stereocenters. The first-order chi connectivity index (χ1) is 10.1. The molecule has 0 radical (unpaired) electrons. The second-order valence-electron chi connectivity index (χ2n) is 4.39. The summed E-state index contributed by atoms with van der Waals surface area (Å²) in [6.45, 7) is 0. The van der Waals surface area contributed by atoms with Gasteiger partial charge in [-0.2, -0.15) is 0 Å². The number of amides is 1. The first-order valence-corrected chi connectivity index (χ1v) is 6.36. The molecule has 2 rings (SSSR count). The molecule has 0 aliphatic carbocycles. The van der Waals surface area contributed by atoms with Crippen LogP contribution in [0.25, 0.3) is 0 Å². The van der Waals surface area contributed by atoms with E-state index in [0.29, 0.717) is 17.0 Å². The van der Waals surface area contributed by atoms with Gasteiger partial charge in [-0.05, 0) is 23.8 Å². The van der Waals surface area contributed by atoms with Gasteiger partial charge in [-0.1, -0.05) is 30.3 Å². The fraction of sp³-hybridized carbons (Fsp3) is 0.125. The molecule has 1 amide bonds. The van der Waals surface area contributed by atoms with Gasteiger partial charge in [0.25, 0.3) is 0 Å². The van der Waals surface area contributed by atoms with Crippen LogP contribution in [-0.4, -0.2) is 24.1 Å². The number of carboxylic acids is 1. The van der Waals surface area contributed by atoms with Crippen LogP contribution in [0.5, 0.6) is 5.75 Å². The van der Waals surface area contributed by atoms with E-state index in [1.54, 1.807) is 42.5 Å². The van der Waals surface area contributed by atoms with Crippen LogP contribution in [0.4, 0.5) is 5.69 Å². The predicted octanol–water partition coefficient (Wildman–Crippen LogP) is 2.57. The van der Waals surface area contributed by atoms with Crippen LogP contribution in [0.2, 0.25) is 0 Å². The number of carbonyl (C=O) groups is 2. The average Bonchev–Trinajstić information content (AvgIpc) is 2.48. The van der Waals surface area contributed by atoms with E-state index in [1.807, 2.05) is 0 Å². The zero-order chi connectivity index (χ0) is 15.2. The van der Waals surface area contributed by atoms with Crippen molar-refractivity contribution in [2.45, 2.75) is 6.42 Å². The number of anilines is 1. The molecule has 0 saturated carbocycles. The standard InChI is InChI=1S/C16H15NO4/c1-21-14-9-5-4-8-13(14)17-15(18)10-11-6-2-3-7-12(11)16(19)20/h2-9H,10H2,1H3,(H,17,18)(H,19,20). The van der Waals surface area contributed by atoms with Crippen LogP contribution in [-0.2, 0) is 11.2 Å². The summed E-state index contributed by atoms with van der Waals surface area (Å²) in [6, 6.07) is 13.5. The maximum Gasteiger partial charge on any atom is 0.335 e. The van der Waals surface area contributed by atoms with E-state index in [1.165, 1.54) is 13.2 Å². The van der Waals surface area contributed by atoms with E-state index in [2.05, 4.69) is 5.32 Å². The summed E-state index contributed by atoms with van der Waals surface area (Å²) in [6.07, 6.45) is -0.0134. The number of rotatable bonds is 5. The summed E-state index contributed by atoms with van der Waals surface area (Å²) in [5.74, 6) is -0.790. The van der Waals surface area contributed by atoms with Crippen molar-refractivity contribution in [1.82, 2.24) is 0 Å². The minimum Gasteiger partial charge on any atom is -0.495 e. The van der Waals surface area contributed by atoms with Gasteiger partial charge in [-0.15, -0.1) is 0 Å². The zero-order valence-corrected chi connectivity index (χ0v) is 11.5. The number of carboxylic acid groups (broad SMARTS) is 1. The molecule has 0 unspecified atom stereocenters. The Balaban J connectivity index is 2.14. The molecule has 2 aromatic carbocycles. The molecule has 0 aliphatic rings. The number of aromatic carboxylic acids is 1. The van der Waals surface area contributed by atoms with Crippen LogP contribution in [0.1, 0.15) is 15.9 Å².